The van der Waals surface area contributed by atoms with Gasteiger partial charge in [-0.05, 0) is 56.3 Å². The molecule has 0 saturated carbocycles. The molecule has 0 spiro atoms. The zero-order chi connectivity index (χ0) is 46.5. The van der Waals surface area contributed by atoms with E-state index in [0.717, 1.165) is 11.3 Å². The molecule has 2 atom stereocenters. The Kier molecular flexibility index (Phi) is 13.1. The van der Waals surface area contributed by atoms with Crippen molar-refractivity contribution in [1.82, 2.24) is 55.8 Å². The van der Waals surface area contributed by atoms with Crippen LogP contribution >= 0.6 is 0 Å². The maximum Gasteiger partial charge on any atom is 0.255 e. The number of anilines is 5. The van der Waals surface area contributed by atoms with Crippen LogP contribution in [0.4, 0.5) is 28.7 Å². The number of aromatic nitrogens is 5. The van der Waals surface area contributed by atoms with Crippen LogP contribution in [-0.2, 0) is 28.0 Å². The number of benzene rings is 2. The van der Waals surface area contributed by atoms with Crippen molar-refractivity contribution in [1.29, 1.82) is 0 Å². The number of amides is 6. The molecule has 66 heavy (non-hydrogen) atoms. The molecule has 2 saturated heterocycles. The molecule has 21 heteroatoms. The predicted molar refractivity (Wildman–Crippen MR) is 242 cm³/mol. The minimum absolute atomic E-state index is 0.0780. The van der Waals surface area contributed by atoms with E-state index in [1.54, 1.807) is 66.3 Å². The van der Waals surface area contributed by atoms with Crippen molar-refractivity contribution in [3.05, 3.63) is 95.6 Å². The number of aryl methyl sites for hydroxylation is 1. The van der Waals surface area contributed by atoms with Crippen molar-refractivity contribution >= 4 is 64.1 Å². The van der Waals surface area contributed by atoms with Gasteiger partial charge in [-0.3, -0.25) is 38.8 Å². The van der Waals surface area contributed by atoms with Crippen LogP contribution in [0.15, 0.2) is 73.3 Å². The molecule has 0 aliphatic carbocycles. The molecule has 6 amide bonds. The molecule has 6 heterocycles. The summed E-state index contributed by atoms with van der Waals surface area (Å²) in [5, 5.41) is 21.8. The Bertz CT molecular complexity index is 2680. The number of pyridine rings is 2. The first-order chi connectivity index (χ1) is 32.0. The third-order valence-corrected chi connectivity index (χ3v) is 11.8. The van der Waals surface area contributed by atoms with Gasteiger partial charge in [0, 0.05) is 95.1 Å². The van der Waals surface area contributed by atoms with Gasteiger partial charge in [0.05, 0.1) is 41.2 Å². The van der Waals surface area contributed by atoms with Gasteiger partial charge in [-0.25, -0.2) is 15.0 Å². The number of piperidine rings is 1. The van der Waals surface area contributed by atoms with E-state index in [1.807, 2.05) is 30.3 Å². The summed E-state index contributed by atoms with van der Waals surface area (Å²) in [6, 6.07) is 14.7. The summed E-state index contributed by atoms with van der Waals surface area (Å²) in [4.78, 5) is 96.0. The van der Waals surface area contributed by atoms with E-state index in [4.69, 9.17) is 4.74 Å². The topological polar surface area (TPSA) is 250 Å². The fraction of sp³-hybridized carbons (Fsp3) is 0.333. The molecule has 8 rings (SSSR count). The highest BCUT2D eigenvalue weighted by Gasteiger charge is 2.40. The average molecular weight is 899 g/mol. The smallest absolute Gasteiger partial charge is 0.255 e. The normalized spacial score (nSPS) is 16.3. The van der Waals surface area contributed by atoms with Crippen molar-refractivity contribution < 1.29 is 33.5 Å². The van der Waals surface area contributed by atoms with Crippen molar-refractivity contribution in [2.45, 2.75) is 37.9 Å². The summed E-state index contributed by atoms with van der Waals surface area (Å²) in [5.74, 6) is -0.0706. The van der Waals surface area contributed by atoms with Gasteiger partial charge in [-0.2, -0.15) is 5.10 Å². The Labute approximate surface area is 379 Å². The lowest BCUT2D eigenvalue weighted by Crippen LogP contribution is -2.54. The number of nitrogens with zero attached hydrogens (tertiary/aromatic N) is 8. The summed E-state index contributed by atoms with van der Waals surface area (Å²) in [5.41, 5.74) is 4.53. The Hall–Kier alpha value is -7.94. The van der Waals surface area contributed by atoms with Crippen LogP contribution in [0.2, 0.25) is 0 Å². The molecule has 5 aromatic rings. The Morgan fingerprint density at radius 3 is 2.35 bits per heavy atom. The zero-order valence-corrected chi connectivity index (χ0v) is 36.9. The van der Waals surface area contributed by atoms with E-state index < -0.39 is 18.0 Å². The maximum atomic E-state index is 13.6. The van der Waals surface area contributed by atoms with Crippen molar-refractivity contribution in [2.24, 2.45) is 7.05 Å². The molecule has 2 fully saturated rings. The number of imide groups is 1. The number of carbonyl (C=O) groups excluding carboxylic acids is 6. The lowest BCUT2D eigenvalue weighted by Gasteiger charge is -2.38. The highest BCUT2D eigenvalue weighted by Crippen LogP contribution is 2.38. The molecule has 0 bridgehead atoms. The van der Waals surface area contributed by atoms with Crippen molar-refractivity contribution in [3.63, 3.8) is 0 Å². The highest BCUT2D eigenvalue weighted by atomic mass is 16.5. The molecule has 3 aliphatic heterocycles. The van der Waals surface area contributed by atoms with Crippen LogP contribution in [0.5, 0.6) is 5.75 Å². The third-order valence-electron chi connectivity index (χ3n) is 11.8. The summed E-state index contributed by atoms with van der Waals surface area (Å²) >= 11 is 0. The van der Waals surface area contributed by atoms with E-state index in [2.05, 4.69) is 56.9 Å². The molecular weight excluding hydrogens is 849 g/mol. The minimum atomic E-state index is -0.698. The molecule has 2 aromatic carbocycles. The number of fused-ring (bicyclic) bond motifs is 1. The van der Waals surface area contributed by atoms with Crippen LogP contribution in [0.1, 0.15) is 55.9 Å². The first kappa shape index (κ1) is 44.7. The number of carbonyl (C=O) groups is 6. The van der Waals surface area contributed by atoms with Gasteiger partial charge in [0.2, 0.25) is 17.7 Å². The molecule has 0 radical (unpaired) electrons. The Morgan fingerprint density at radius 2 is 1.65 bits per heavy atom. The fourth-order valence-electron chi connectivity index (χ4n) is 8.39. The lowest BCUT2D eigenvalue weighted by atomic mass is 10.0. The van der Waals surface area contributed by atoms with Gasteiger partial charge in [-0.15, -0.1) is 0 Å². The lowest BCUT2D eigenvalue weighted by molar-refractivity contribution is -0.137. The number of para-hydroxylation sites is 1. The van der Waals surface area contributed by atoms with Crippen LogP contribution in [0.3, 0.4) is 0 Å². The average Bonchev–Trinajstić information content (AvgIpc) is 3.92. The van der Waals surface area contributed by atoms with Gasteiger partial charge in [0.25, 0.3) is 17.7 Å². The first-order valence-corrected chi connectivity index (χ1v) is 21.5. The Balaban J connectivity index is 0.838. The summed E-state index contributed by atoms with van der Waals surface area (Å²) in [6.07, 6.45) is 5.29. The molecule has 3 aliphatic rings. The highest BCUT2D eigenvalue weighted by molar-refractivity contribution is 6.06. The van der Waals surface area contributed by atoms with E-state index in [-0.39, 0.29) is 54.6 Å². The molecule has 3 aromatic heterocycles. The van der Waals surface area contributed by atoms with Crippen LogP contribution in [-0.4, -0.2) is 136 Å². The summed E-state index contributed by atoms with van der Waals surface area (Å²) < 4.78 is 7.34. The fourth-order valence-corrected chi connectivity index (χ4v) is 8.39. The molecule has 1 unspecified atom stereocenters. The van der Waals surface area contributed by atoms with Gasteiger partial charge in [0.15, 0.2) is 11.6 Å². The molecular formula is C45H50N14O7. The summed E-state index contributed by atoms with van der Waals surface area (Å²) in [6.45, 7) is 2.51. The predicted octanol–water partition coefficient (Wildman–Crippen LogP) is 1.95. The SMILES string of the molecule is CNC(=O)c1cnc(Nc2ccc(C(=O)NCC[C@H](NC)C(=O)N3CCN(c4cccc5c4CN(C4CCC(=O)NC4=O)C5=O)CC3)cn2)cc1Nc1cccc(-c2ncn(C)n2)c1OC. The quantitative estimate of drug-likeness (QED) is 0.0822. The monoisotopic (exact) mass is 898 g/mol. The number of hydrogen-bond acceptors (Lipinski definition) is 15. The standard InChI is InChI=1S/C45H50N14O7/c1-46-32(45(65)58-19-17-57(18-20-58)34-10-6-7-27-30(34)24-59(44(27)64)35-12-14-38(60)54-43(35)63)15-16-48-41(61)26-11-13-36(49-22-26)53-37-21-33(29(23-50-37)42(62)47-2)52-31-9-5-8-28(39(31)66-4)40-51-25-56(3)55-40/h5-11,13,21-23,25,32,35,46H,12,14-20,24H2,1-4H3,(H,47,62)(H,48,61)(H,54,60,63)(H2,49,50,52,53)/t32-,35?/m0/s1. The second-order valence-electron chi connectivity index (χ2n) is 15.9. The minimum Gasteiger partial charge on any atom is -0.494 e. The number of ether oxygens (including phenoxy) is 1. The second-order valence-corrected chi connectivity index (χ2v) is 15.9. The van der Waals surface area contributed by atoms with E-state index in [0.29, 0.717) is 90.3 Å². The van der Waals surface area contributed by atoms with Crippen molar-refractivity contribution in [2.75, 3.05) is 69.5 Å². The first-order valence-electron chi connectivity index (χ1n) is 21.5. The molecule has 21 nitrogen and oxygen atoms in total. The van der Waals surface area contributed by atoms with E-state index in [1.165, 1.54) is 19.4 Å². The number of nitrogens with one attached hydrogen (secondary N) is 6. The van der Waals surface area contributed by atoms with Crippen LogP contribution in [0.25, 0.3) is 11.4 Å². The molecule has 342 valence electrons. The van der Waals surface area contributed by atoms with Crippen molar-refractivity contribution in [3.8, 4) is 17.1 Å². The van der Waals surface area contributed by atoms with Gasteiger partial charge in [0.1, 0.15) is 24.0 Å². The largest absolute Gasteiger partial charge is 0.494 e. The van der Waals surface area contributed by atoms with E-state index >= 15 is 0 Å². The number of hydrogen-bond donors (Lipinski definition) is 6. The number of piperazine rings is 1. The van der Waals surface area contributed by atoms with Crippen LogP contribution < -0.4 is 41.5 Å². The summed E-state index contributed by atoms with van der Waals surface area (Å²) in [7, 11) is 6.56. The molecule has 6 N–H and O–H groups in total. The Morgan fingerprint density at radius 1 is 0.879 bits per heavy atom. The number of likely N-dealkylation sites (N-methyl/N-ethyl adjacent to an activating group) is 1. The van der Waals surface area contributed by atoms with Gasteiger partial charge >= 0.3 is 0 Å². The zero-order valence-electron chi connectivity index (χ0n) is 36.9. The maximum absolute atomic E-state index is 13.6. The van der Waals surface area contributed by atoms with E-state index in [9.17, 15) is 28.8 Å². The van der Waals surface area contributed by atoms with Gasteiger partial charge < -0.3 is 46.0 Å². The third kappa shape index (κ3) is 9.32. The second kappa shape index (κ2) is 19.4. The van der Waals surface area contributed by atoms with Gasteiger partial charge in [-0.1, -0.05) is 12.1 Å². The number of methoxy groups -OCH3 is 1. The number of rotatable bonds is 15. The van der Waals surface area contributed by atoms with Crippen LogP contribution in [0, 0.1) is 0 Å².